The number of benzene rings is 1. The second-order valence-corrected chi connectivity index (χ2v) is 5.00. The molecule has 1 aromatic rings. The van der Waals surface area contributed by atoms with Gasteiger partial charge in [0.25, 0.3) is 0 Å². The van der Waals surface area contributed by atoms with E-state index in [-0.39, 0.29) is 5.91 Å². The fourth-order valence-electron chi connectivity index (χ4n) is 2.48. The van der Waals surface area contributed by atoms with Crippen molar-refractivity contribution in [2.75, 3.05) is 20.8 Å². The van der Waals surface area contributed by atoms with Crippen LogP contribution in [0.25, 0.3) is 0 Å². The third-order valence-corrected chi connectivity index (χ3v) is 3.79. The van der Waals surface area contributed by atoms with Gasteiger partial charge in [-0.1, -0.05) is 6.92 Å². The molecule has 110 valence electrons. The molecule has 0 saturated carbocycles. The summed E-state index contributed by atoms with van der Waals surface area (Å²) in [5.74, 6) is 1.45. The van der Waals surface area contributed by atoms with Crippen molar-refractivity contribution in [1.29, 1.82) is 0 Å². The maximum Gasteiger partial charge on any atom is 0.239 e. The Labute approximate surface area is 119 Å². The number of carbonyl (C=O) groups excluding carboxylic acids is 1. The van der Waals surface area contributed by atoms with E-state index in [0.29, 0.717) is 25.3 Å². The summed E-state index contributed by atoms with van der Waals surface area (Å²) < 4.78 is 10.6. The van der Waals surface area contributed by atoms with Gasteiger partial charge in [-0.05, 0) is 36.1 Å². The van der Waals surface area contributed by atoms with Gasteiger partial charge in [0.2, 0.25) is 5.91 Å². The summed E-state index contributed by atoms with van der Waals surface area (Å²) >= 11 is 0. The standard InChI is InChI=1S/C15H22N2O3/c1-4-12(16)15(18)17-6-5-10-7-13(19-2)14(20-3)8-11(10)9-17/h7-8,12H,4-6,9,16H2,1-3H3/t12-/m1/s1. The lowest BCUT2D eigenvalue weighted by Gasteiger charge is -2.31. The van der Waals surface area contributed by atoms with Crippen LogP contribution in [0.5, 0.6) is 11.5 Å². The molecule has 2 N–H and O–H groups in total. The molecule has 5 heteroatoms. The highest BCUT2D eigenvalue weighted by Crippen LogP contribution is 2.33. The molecule has 0 bridgehead atoms. The lowest BCUT2D eigenvalue weighted by Crippen LogP contribution is -2.45. The maximum absolute atomic E-state index is 12.2. The summed E-state index contributed by atoms with van der Waals surface area (Å²) in [5, 5.41) is 0. The number of nitrogens with zero attached hydrogens (tertiary/aromatic N) is 1. The van der Waals surface area contributed by atoms with Crippen molar-refractivity contribution in [2.45, 2.75) is 32.4 Å². The topological polar surface area (TPSA) is 64.8 Å². The summed E-state index contributed by atoms with van der Waals surface area (Å²) in [6.45, 7) is 3.21. The minimum absolute atomic E-state index is 0.0212. The smallest absolute Gasteiger partial charge is 0.239 e. The first-order valence-electron chi connectivity index (χ1n) is 6.88. The molecule has 0 saturated heterocycles. The lowest BCUT2D eigenvalue weighted by atomic mass is 9.98. The Morgan fingerprint density at radius 2 is 1.90 bits per heavy atom. The van der Waals surface area contributed by atoms with Crippen LogP contribution >= 0.6 is 0 Å². The van der Waals surface area contributed by atoms with Crippen LogP contribution in [0.4, 0.5) is 0 Å². The van der Waals surface area contributed by atoms with E-state index in [2.05, 4.69) is 0 Å². The largest absolute Gasteiger partial charge is 0.493 e. The van der Waals surface area contributed by atoms with Crippen LogP contribution in [0, 0.1) is 0 Å². The Kier molecular flexibility index (Phi) is 4.49. The maximum atomic E-state index is 12.2. The predicted molar refractivity (Wildman–Crippen MR) is 76.9 cm³/mol. The number of ether oxygens (including phenoxy) is 2. The van der Waals surface area contributed by atoms with Crippen molar-refractivity contribution < 1.29 is 14.3 Å². The second-order valence-electron chi connectivity index (χ2n) is 5.00. The Bertz CT molecular complexity index is 502. The number of hydrogen-bond acceptors (Lipinski definition) is 4. The number of rotatable bonds is 4. The van der Waals surface area contributed by atoms with Gasteiger partial charge in [-0.25, -0.2) is 0 Å². The number of fused-ring (bicyclic) bond motifs is 1. The normalized spacial score (nSPS) is 15.5. The van der Waals surface area contributed by atoms with Crippen molar-refractivity contribution in [1.82, 2.24) is 4.90 Å². The average molecular weight is 278 g/mol. The molecule has 0 spiro atoms. The molecule has 0 unspecified atom stereocenters. The molecular weight excluding hydrogens is 256 g/mol. The van der Waals surface area contributed by atoms with Crippen LogP contribution in [0.3, 0.4) is 0 Å². The monoisotopic (exact) mass is 278 g/mol. The fraction of sp³-hybridized carbons (Fsp3) is 0.533. The molecule has 0 aliphatic carbocycles. The van der Waals surface area contributed by atoms with Crippen LogP contribution in [-0.4, -0.2) is 37.6 Å². The van der Waals surface area contributed by atoms with Gasteiger partial charge in [0, 0.05) is 13.1 Å². The molecular formula is C15H22N2O3. The van der Waals surface area contributed by atoms with Crippen molar-refractivity contribution in [3.05, 3.63) is 23.3 Å². The van der Waals surface area contributed by atoms with Crippen LogP contribution in [-0.2, 0) is 17.8 Å². The van der Waals surface area contributed by atoms with Crippen molar-refractivity contribution >= 4 is 5.91 Å². The molecule has 1 atom stereocenters. The van der Waals surface area contributed by atoms with E-state index in [1.165, 1.54) is 5.56 Å². The van der Waals surface area contributed by atoms with Gasteiger partial charge in [-0.3, -0.25) is 4.79 Å². The highest BCUT2D eigenvalue weighted by atomic mass is 16.5. The Morgan fingerprint density at radius 1 is 1.30 bits per heavy atom. The van der Waals surface area contributed by atoms with E-state index in [1.54, 1.807) is 14.2 Å². The van der Waals surface area contributed by atoms with Gasteiger partial charge < -0.3 is 20.1 Å². The Morgan fingerprint density at radius 3 is 2.45 bits per heavy atom. The molecule has 2 rings (SSSR count). The van der Waals surface area contributed by atoms with Crippen LogP contribution in [0.1, 0.15) is 24.5 Å². The van der Waals surface area contributed by atoms with Gasteiger partial charge in [0.1, 0.15) is 0 Å². The molecule has 0 aromatic heterocycles. The third-order valence-electron chi connectivity index (χ3n) is 3.79. The average Bonchev–Trinajstić information content (AvgIpc) is 2.51. The summed E-state index contributed by atoms with van der Waals surface area (Å²) in [4.78, 5) is 14.0. The molecule has 20 heavy (non-hydrogen) atoms. The zero-order chi connectivity index (χ0) is 14.7. The number of carbonyl (C=O) groups is 1. The number of methoxy groups -OCH3 is 2. The van der Waals surface area contributed by atoms with E-state index in [4.69, 9.17) is 15.2 Å². The Hall–Kier alpha value is -1.75. The lowest BCUT2D eigenvalue weighted by molar-refractivity contribution is -0.133. The fourth-order valence-corrected chi connectivity index (χ4v) is 2.48. The van der Waals surface area contributed by atoms with Gasteiger partial charge >= 0.3 is 0 Å². The SMILES string of the molecule is CC[C@@H](N)C(=O)N1CCc2cc(OC)c(OC)cc2C1. The molecule has 1 aromatic carbocycles. The minimum atomic E-state index is -0.406. The molecule has 0 radical (unpaired) electrons. The van der Waals surface area contributed by atoms with E-state index >= 15 is 0 Å². The molecule has 1 amide bonds. The molecule has 5 nitrogen and oxygen atoms in total. The number of amides is 1. The summed E-state index contributed by atoms with van der Waals surface area (Å²) in [5.41, 5.74) is 8.14. The highest BCUT2D eigenvalue weighted by Gasteiger charge is 2.25. The first kappa shape index (κ1) is 14.7. The van der Waals surface area contributed by atoms with Crippen LogP contribution in [0.2, 0.25) is 0 Å². The third kappa shape index (κ3) is 2.72. The van der Waals surface area contributed by atoms with Crippen LogP contribution in [0.15, 0.2) is 12.1 Å². The van der Waals surface area contributed by atoms with Crippen molar-refractivity contribution in [3.63, 3.8) is 0 Å². The summed E-state index contributed by atoms with van der Waals surface area (Å²) in [6, 6.07) is 3.54. The molecule has 1 heterocycles. The van der Waals surface area contributed by atoms with E-state index < -0.39 is 6.04 Å². The number of hydrogen-bond donors (Lipinski definition) is 1. The highest BCUT2D eigenvalue weighted by molar-refractivity contribution is 5.81. The zero-order valence-electron chi connectivity index (χ0n) is 12.3. The molecule has 0 fully saturated rings. The quantitative estimate of drug-likeness (QED) is 0.902. The van der Waals surface area contributed by atoms with E-state index in [1.807, 2.05) is 24.0 Å². The summed E-state index contributed by atoms with van der Waals surface area (Å²) in [7, 11) is 3.24. The predicted octanol–water partition coefficient (Wildman–Crippen LogP) is 1.33. The van der Waals surface area contributed by atoms with Gasteiger partial charge in [0.05, 0.1) is 20.3 Å². The van der Waals surface area contributed by atoms with Crippen LogP contribution < -0.4 is 15.2 Å². The first-order valence-corrected chi connectivity index (χ1v) is 6.88. The van der Waals surface area contributed by atoms with E-state index in [9.17, 15) is 4.79 Å². The van der Waals surface area contributed by atoms with Gasteiger partial charge in [-0.15, -0.1) is 0 Å². The second kappa shape index (κ2) is 6.13. The van der Waals surface area contributed by atoms with Gasteiger partial charge in [0.15, 0.2) is 11.5 Å². The van der Waals surface area contributed by atoms with E-state index in [0.717, 1.165) is 17.7 Å². The van der Waals surface area contributed by atoms with Gasteiger partial charge in [-0.2, -0.15) is 0 Å². The Balaban J connectivity index is 2.23. The molecule has 1 aliphatic heterocycles. The first-order chi connectivity index (χ1) is 9.60. The summed E-state index contributed by atoms with van der Waals surface area (Å²) in [6.07, 6.45) is 1.48. The minimum Gasteiger partial charge on any atom is -0.493 e. The van der Waals surface area contributed by atoms with Crippen molar-refractivity contribution in [3.8, 4) is 11.5 Å². The zero-order valence-corrected chi connectivity index (χ0v) is 12.3. The molecule has 1 aliphatic rings. The van der Waals surface area contributed by atoms with Crippen molar-refractivity contribution in [2.24, 2.45) is 5.73 Å². The number of nitrogens with two attached hydrogens (primary N) is 1.